The molecule has 0 aromatic heterocycles. The molecule has 2 heteroatoms. The summed E-state index contributed by atoms with van der Waals surface area (Å²) in [4.78, 5) is 11.9. The topological polar surface area (TPSA) is 29.1 Å². The summed E-state index contributed by atoms with van der Waals surface area (Å²) in [5, 5.41) is 3.01. The minimum atomic E-state index is 0.00926. The zero-order valence-corrected chi connectivity index (χ0v) is 9.31. The molecule has 2 atom stereocenters. The molecule has 2 fully saturated rings. The first kappa shape index (κ1) is 10.0. The Morgan fingerprint density at radius 2 is 1.79 bits per heavy atom. The molecule has 2 rings (SSSR count). The van der Waals surface area contributed by atoms with Gasteiger partial charge in [-0.25, -0.2) is 0 Å². The van der Waals surface area contributed by atoms with E-state index in [1.807, 2.05) is 0 Å². The van der Waals surface area contributed by atoms with Gasteiger partial charge in [-0.2, -0.15) is 0 Å². The summed E-state index contributed by atoms with van der Waals surface area (Å²) in [5.74, 6) is 1.78. The predicted molar refractivity (Wildman–Crippen MR) is 56.9 cm³/mol. The second-order valence-electron chi connectivity index (χ2n) is 5.48. The fourth-order valence-electron chi connectivity index (χ4n) is 3.30. The van der Waals surface area contributed by atoms with Gasteiger partial charge in [0.15, 0.2) is 0 Å². The van der Waals surface area contributed by atoms with Crippen LogP contribution in [0, 0.1) is 17.3 Å². The van der Waals surface area contributed by atoms with E-state index in [0.717, 1.165) is 37.6 Å². The number of hydrogen-bond donors (Lipinski definition) is 1. The number of rotatable bonds is 0. The van der Waals surface area contributed by atoms with Crippen molar-refractivity contribution in [3.8, 4) is 0 Å². The molecule has 2 unspecified atom stereocenters. The van der Waals surface area contributed by atoms with Crippen LogP contribution in [0.2, 0.25) is 0 Å². The number of nitrogens with one attached hydrogen (secondary N) is 1. The van der Waals surface area contributed by atoms with E-state index in [9.17, 15) is 4.79 Å². The first-order chi connectivity index (χ1) is 6.62. The van der Waals surface area contributed by atoms with Gasteiger partial charge in [-0.05, 0) is 31.1 Å². The van der Waals surface area contributed by atoms with Crippen LogP contribution in [0.3, 0.4) is 0 Å². The van der Waals surface area contributed by atoms with Crippen LogP contribution in [0.25, 0.3) is 0 Å². The van der Waals surface area contributed by atoms with Crippen molar-refractivity contribution in [2.75, 3.05) is 6.54 Å². The van der Waals surface area contributed by atoms with Gasteiger partial charge in [-0.3, -0.25) is 4.79 Å². The van der Waals surface area contributed by atoms with Crippen molar-refractivity contribution in [1.29, 1.82) is 0 Å². The predicted octanol–water partition coefficient (Wildman–Crippen LogP) is 2.34. The lowest BCUT2D eigenvalue weighted by atomic mass is 9.75. The van der Waals surface area contributed by atoms with E-state index in [4.69, 9.17) is 0 Å². The highest BCUT2D eigenvalue weighted by molar-refractivity contribution is 5.84. The SMILES string of the molecule is CC1CCC(C)CC2(CCNC2=O)C1. The number of carbonyl (C=O) groups is 1. The van der Waals surface area contributed by atoms with Crippen molar-refractivity contribution in [2.24, 2.45) is 17.3 Å². The van der Waals surface area contributed by atoms with Crippen LogP contribution < -0.4 is 5.32 Å². The fraction of sp³-hybridized carbons (Fsp3) is 0.917. The summed E-state index contributed by atoms with van der Waals surface area (Å²) in [6.45, 7) is 5.50. The second kappa shape index (κ2) is 3.56. The minimum Gasteiger partial charge on any atom is -0.356 e. The third kappa shape index (κ3) is 1.67. The van der Waals surface area contributed by atoms with Gasteiger partial charge < -0.3 is 5.32 Å². The van der Waals surface area contributed by atoms with Gasteiger partial charge in [0.25, 0.3) is 0 Å². The van der Waals surface area contributed by atoms with E-state index in [1.165, 1.54) is 12.8 Å². The molecular formula is C12H21NO. The molecule has 1 saturated heterocycles. The lowest BCUT2D eigenvalue weighted by Gasteiger charge is -2.27. The van der Waals surface area contributed by atoms with Crippen LogP contribution >= 0.6 is 0 Å². The summed E-state index contributed by atoms with van der Waals surface area (Å²) in [7, 11) is 0. The Balaban J connectivity index is 2.18. The van der Waals surface area contributed by atoms with Gasteiger partial charge in [0.2, 0.25) is 5.91 Å². The maximum absolute atomic E-state index is 11.9. The van der Waals surface area contributed by atoms with Gasteiger partial charge in [-0.1, -0.05) is 26.7 Å². The molecular weight excluding hydrogens is 174 g/mol. The Kier molecular flexibility index (Phi) is 2.54. The molecule has 1 saturated carbocycles. The van der Waals surface area contributed by atoms with Gasteiger partial charge in [0.1, 0.15) is 0 Å². The monoisotopic (exact) mass is 195 g/mol. The minimum absolute atomic E-state index is 0.00926. The largest absolute Gasteiger partial charge is 0.356 e. The number of amides is 1. The Hall–Kier alpha value is -0.530. The summed E-state index contributed by atoms with van der Waals surface area (Å²) in [6.07, 6.45) is 5.90. The zero-order chi connectivity index (χ0) is 10.2. The van der Waals surface area contributed by atoms with Crippen LogP contribution in [0.4, 0.5) is 0 Å². The molecule has 1 N–H and O–H groups in total. The normalized spacial score (nSPS) is 43.7. The van der Waals surface area contributed by atoms with Crippen molar-refractivity contribution in [2.45, 2.75) is 46.0 Å². The molecule has 2 aliphatic rings. The Morgan fingerprint density at radius 1 is 1.21 bits per heavy atom. The van der Waals surface area contributed by atoms with Gasteiger partial charge in [-0.15, -0.1) is 0 Å². The van der Waals surface area contributed by atoms with E-state index in [-0.39, 0.29) is 5.41 Å². The average molecular weight is 195 g/mol. The van der Waals surface area contributed by atoms with Gasteiger partial charge >= 0.3 is 0 Å². The molecule has 1 aliphatic heterocycles. The Bertz CT molecular complexity index is 224. The summed E-state index contributed by atoms with van der Waals surface area (Å²) in [6, 6.07) is 0. The number of carbonyl (C=O) groups excluding carboxylic acids is 1. The van der Waals surface area contributed by atoms with Crippen LogP contribution in [0.1, 0.15) is 46.0 Å². The van der Waals surface area contributed by atoms with E-state index in [2.05, 4.69) is 19.2 Å². The maximum atomic E-state index is 11.9. The molecule has 2 nitrogen and oxygen atoms in total. The van der Waals surface area contributed by atoms with Crippen molar-refractivity contribution in [3.05, 3.63) is 0 Å². The average Bonchev–Trinajstić information content (AvgIpc) is 2.36. The first-order valence-corrected chi connectivity index (χ1v) is 5.91. The summed E-state index contributed by atoms with van der Waals surface area (Å²) >= 11 is 0. The lowest BCUT2D eigenvalue weighted by molar-refractivity contribution is -0.129. The maximum Gasteiger partial charge on any atom is 0.226 e. The van der Waals surface area contributed by atoms with Gasteiger partial charge in [0.05, 0.1) is 5.41 Å². The summed E-state index contributed by atoms with van der Waals surface area (Å²) in [5.41, 5.74) is 0.00926. The molecule has 1 aliphatic carbocycles. The molecule has 0 aromatic carbocycles. The smallest absolute Gasteiger partial charge is 0.226 e. The van der Waals surface area contributed by atoms with Crippen LogP contribution in [-0.2, 0) is 4.79 Å². The van der Waals surface area contributed by atoms with Crippen LogP contribution in [0.15, 0.2) is 0 Å². The highest BCUT2D eigenvalue weighted by Gasteiger charge is 2.44. The molecule has 1 spiro atoms. The van der Waals surface area contributed by atoms with Crippen LogP contribution in [0.5, 0.6) is 0 Å². The third-order valence-electron chi connectivity index (χ3n) is 4.00. The molecule has 0 aromatic rings. The van der Waals surface area contributed by atoms with E-state index in [0.29, 0.717) is 5.91 Å². The van der Waals surface area contributed by atoms with Crippen molar-refractivity contribution in [1.82, 2.24) is 5.32 Å². The molecule has 0 bridgehead atoms. The Morgan fingerprint density at radius 3 is 2.21 bits per heavy atom. The standard InChI is InChI=1S/C12H21NO/c1-9-3-4-10(2)8-12(7-9)5-6-13-11(12)14/h9-10H,3-8H2,1-2H3,(H,13,14). The highest BCUT2D eigenvalue weighted by atomic mass is 16.2. The fourth-order valence-corrected chi connectivity index (χ4v) is 3.30. The quantitative estimate of drug-likeness (QED) is 0.631. The summed E-state index contributed by atoms with van der Waals surface area (Å²) < 4.78 is 0. The molecule has 80 valence electrons. The van der Waals surface area contributed by atoms with E-state index >= 15 is 0 Å². The molecule has 1 amide bonds. The zero-order valence-electron chi connectivity index (χ0n) is 9.31. The van der Waals surface area contributed by atoms with Gasteiger partial charge in [0, 0.05) is 6.54 Å². The Labute approximate surface area is 86.5 Å². The lowest BCUT2D eigenvalue weighted by Crippen LogP contribution is -2.33. The first-order valence-electron chi connectivity index (χ1n) is 5.91. The highest BCUT2D eigenvalue weighted by Crippen LogP contribution is 2.44. The van der Waals surface area contributed by atoms with Crippen molar-refractivity contribution in [3.63, 3.8) is 0 Å². The molecule has 1 heterocycles. The molecule has 14 heavy (non-hydrogen) atoms. The van der Waals surface area contributed by atoms with Crippen molar-refractivity contribution >= 4 is 5.91 Å². The van der Waals surface area contributed by atoms with E-state index in [1.54, 1.807) is 0 Å². The molecule has 0 radical (unpaired) electrons. The number of hydrogen-bond acceptors (Lipinski definition) is 1. The van der Waals surface area contributed by atoms with E-state index < -0.39 is 0 Å². The second-order valence-corrected chi connectivity index (χ2v) is 5.48. The van der Waals surface area contributed by atoms with Crippen LogP contribution in [-0.4, -0.2) is 12.5 Å². The third-order valence-corrected chi connectivity index (χ3v) is 4.00. The van der Waals surface area contributed by atoms with Crippen molar-refractivity contribution < 1.29 is 4.79 Å².